The average molecular weight is 206 g/mol. The fraction of sp³-hybridized carbons (Fsp3) is 0.583. The first-order valence-electron chi connectivity index (χ1n) is 5.21. The summed E-state index contributed by atoms with van der Waals surface area (Å²) < 4.78 is 0. The molecule has 0 bridgehead atoms. The highest BCUT2D eigenvalue weighted by atomic mass is 28.3. The van der Waals surface area contributed by atoms with E-state index in [-0.39, 0.29) is 5.78 Å². The molecule has 2 heteroatoms. The number of allylic oxidation sites excluding steroid dienone is 2. The van der Waals surface area contributed by atoms with Gasteiger partial charge in [-0.15, -0.1) is 5.54 Å². The van der Waals surface area contributed by atoms with E-state index in [1.807, 2.05) is 0 Å². The van der Waals surface area contributed by atoms with Crippen LogP contribution < -0.4 is 0 Å². The number of carbonyl (C=O) groups excluding carboxylic acids is 1. The van der Waals surface area contributed by atoms with Crippen molar-refractivity contribution in [1.29, 1.82) is 0 Å². The van der Waals surface area contributed by atoms with Gasteiger partial charge >= 0.3 is 0 Å². The quantitative estimate of drug-likeness (QED) is 0.394. The largest absolute Gasteiger partial charge is 0.285 e. The zero-order valence-corrected chi connectivity index (χ0v) is 10.3. The van der Waals surface area contributed by atoms with E-state index in [1.165, 1.54) is 18.4 Å². The first-order valence-corrected chi connectivity index (χ1v) is 8.71. The zero-order chi connectivity index (χ0) is 10.6. The van der Waals surface area contributed by atoms with Gasteiger partial charge in [0.25, 0.3) is 0 Å². The second kappa shape index (κ2) is 4.61. The number of hydrogen-bond acceptors (Lipinski definition) is 1. The lowest BCUT2D eigenvalue weighted by Crippen LogP contribution is -2.17. The molecule has 0 aliphatic heterocycles. The maximum absolute atomic E-state index is 11.3. The molecule has 1 rings (SSSR count). The maximum Gasteiger partial charge on any atom is 0.205 e. The van der Waals surface area contributed by atoms with Gasteiger partial charge in [-0.25, -0.2) is 0 Å². The van der Waals surface area contributed by atoms with E-state index in [1.54, 1.807) is 0 Å². The van der Waals surface area contributed by atoms with E-state index in [4.69, 9.17) is 0 Å². The Balaban J connectivity index is 2.26. The van der Waals surface area contributed by atoms with Gasteiger partial charge < -0.3 is 0 Å². The fourth-order valence-corrected chi connectivity index (χ4v) is 1.52. The third kappa shape index (κ3) is 5.77. The molecule has 0 radical (unpaired) electrons. The lowest BCUT2D eigenvalue weighted by atomic mass is 10.2. The summed E-state index contributed by atoms with van der Waals surface area (Å²) in [6.45, 7) is 6.46. The molecule has 0 aromatic carbocycles. The summed E-state index contributed by atoms with van der Waals surface area (Å²) in [5.74, 6) is 2.86. The Bertz CT molecular complexity index is 303. The summed E-state index contributed by atoms with van der Waals surface area (Å²) in [6, 6.07) is 0. The van der Waals surface area contributed by atoms with Gasteiger partial charge in [0, 0.05) is 6.42 Å². The molecule has 1 aliphatic carbocycles. The molecule has 1 aliphatic rings. The minimum Gasteiger partial charge on any atom is -0.285 e. The molecule has 1 fully saturated rings. The van der Waals surface area contributed by atoms with Crippen molar-refractivity contribution in [3.05, 3.63) is 11.6 Å². The van der Waals surface area contributed by atoms with Gasteiger partial charge in [-0.2, -0.15) is 0 Å². The molecular formula is C12H18OSi. The van der Waals surface area contributed by atoms with E-state index >= 15 is 0 Å². The Morgan fingerprint density at radius 2 is 2.07 bits per heavy atom. The summed E-state index contributed by atoms with van der Waals surface area (Å²) in [4.78, 5) is 11.3. The van der Waals surface area contributed by atoms with Crippen LogP contribution in [0.4, 0.5) is 0 Å². The Morgan fingerprint density at radius 1 is 1.43 bits per heavy atom. The van der Waals surface area contributed by atoms with Crippen LogP contribution in [0, 0.1) is 11.5 Å². The molecule has 0 aromatic rings. The Morgan fingerprint density at radius 3 is 2.57 bits per heavy atom. The molecule has 0 atom stereocenters. The monoisotopic (exact) mass is 206 g/mol. The summed E-state index contributed by atoms with van der Waals surface area (Å²) >= 11 is 0. The third-order valence-electron chi connectivity index (χ3n) is 1.92. The number of hydrogen-bond donors (Lipinski definition) is 0. The first kappa shape index (κ1) is 11.3. The Labute approximate surface area is 87.6 Å². The van der Waals surface area contributed by atoms with Crippen LogP contribution in [0.3, 0.4) is 0 Å². The van der Waals surface area contributed by atoms with Crippen molar-refractivity contribution >= 4 is 13.9 Å². The van der Waals surface area contributed by atoms with Crippen molar-refractivity contribution in [2.45, 2.75) is 45.3 Å². The van der Waals surface area contributed by atoms with Gasteiger partial charge in [-0.05, 0) is 25.2 Å². The summed E-state index contributed by atoms with van der Waals surface area (Å²) in [7, 11) is -1.37. The van der Waals surface area contributed by atoms with Crippen molar-refractivity contribution in [3.63, 3.8) is 0 Å². The molecule has 0 aromatic heterocycles. The summed E-state index contributed by atoms with van der Waals surface area (Å²) in [5, 5.41) is 0. The highest BCUT2D eigenvalue weighted by Crippen LogP contribution is 2.27. The summed E-state index contributed by atoms with van der Waals surface area (Å²) in [5.41, 5.74) is 4.60. The van der Waals surface area contributed by atoms with E-state index < -0.39 is 8.07 Å². The minimum atomic E-state index is -1.37. The molecule has 0 amide bonds. The topological polar surface area (TPSA) is 17.1 Å². The van der Waals surface area contributed by atoms with Crippen molar-refractivity contribution in [3.8, 4) is 11.5 Å². The number of Topliss-reactive ketones (excluding diaryl/α,β-unsaturated/α-hetero) is 1. The number of ketones is 1. The highest BCUT2D eigenvalue weighted by Gasteiger charge is 2.10. The lowest BCUT2D eigenvalue weighted by Gasteiger charge is -2.02. The van der Waals surface area contributed by atoms with Gasteiger partial charge in [0.2, 0.25) is 5.78 Å². The molecule has 0 saturated heterocycles. The number of rotatable bonds is 3. The average Bonchev–Trinajstić information content (AvgIpc) is 2.83. The first-order chi connectivity index (χ1) is 6.47. The van der Waals surface area contributed by atoms with E-state index in [0.29, 0.717) is 6.42 Å². The summed E-state index contributed by atoms with van der Waals surface area (Å²) in [6.07, 6.45) is 6.16. The van der Waals surface area contributed by atoms with Crippen molar-refractivity contribution < 1.29 is 4.79 Å². The molecule has 0 spiro atoms. The van der Waals surface area contributed by atoms with Gasteiger partial charge in [0.15, 0.2) is 0 Å². The molecule has 76 valence electrons. The third-order valence-corrected chi connectivity index (χ3v) is 2.80. The molecule has 14 heavy (non-hydrogen) atoms. The molecule has 0 unspecified atom stereocenters. The highest BCUT2D eigenvalue weighted by molar-refractivity contribution is 6.84. The molecular weight excluding hydrogens is 188 g/mol. The van der Waals surface area contributed by atoms with Gasteiger partial charge in [-0.3, -0.25) is 4.79 Å². The normalized spacial score (nSPS) is 14.4. The molecule has 0 heterocycles. The van der Waals surface area contributed by atoms with Crippen LogP contribution in [0.25, 0.3) is 0 Å². The standard InChI is InChI=1S/C12H18OSi/c1-14(2,3)10-9-12(13)6-4-5-11-7-8-11/h5H,4,6-8H2,1-3H3. The van der Waals surface area contributed by atoms with E-state index in [2.05, 4.69) is 37.2 Å². The van der Waals surface area contributed by atoms with Crippen LogP contribution >= 0.6 is 0 Å². The maximum atomic E-state index is 11.3. The second-order valence-electron chi connectivity index (χ2n) is 4.82. The van der Waals surface area contributed by atoms with Crippen LogP contribution in [0.5, 0.6) is 0 Å². The predicted molar refractivity (Wildman–Crippen MR) is 62.7 cm³/mol. The van der Waals surface area contributed by atoms with Crippen LogP contribution in [0.15, 0.2) is 11.6 Å². The zero-order valence-electron chi connectivity index (χ0n) is 9.31. The van der Waals surface area contributed by atoms with Gasteiger partial charge in [-0.1, -0.05) is 31.3 Å². The fourth-order valence-electron chi connectivity index (χ4n) is 1.00. The van der Waals surface area contributed by atoms with Gasteiger partial charge in [0.05, 0.1) is 0 Å². The molecule has 1 nitrogen and oxygen atoms in total. The second-order valence-corrected chi connectivity index (χ2v) is 9.57. The predicted octanol–water partition coefficient (Wildman–Crippen LogP) is 2.94. The van der Waals surface area contributed by atoms with Gasteiger partial charge in [0.1, 0.15) is 8.07 Å². The SMILES string of the molecule is C[Si](C)(C)C#CC(=O)CCC=C1CC1. The van der Waals surface area contributed by atoms with Crippen LogP contribution in [0.1, 0.15) is 25.7 Å². The minimum absolute atomic E-state index is 0.102. The smallest absolute Gasteiger partial charge is 0.205 e. The molecule has 1 saturated carbocycles. The Hall–Kier alpha value is -0.813. The van der Waals surface area contributed by atoms with Crippen LogP contribution in [0.2, 0.25) is 19.6 Å². The Kier molecular flexibility index (Phi) is 3.71. The number of carbonyl (C=O) groups is 1. The molecule has 0 N–H and O–H groups in total. The van der Waals surface area contributed by atoms with Crippen LogP contribution in [-0.4, -0.2) is 13.9 Å². The van der Waals surface area contributed by atoms with Crippen molar-refractivity contribution in [2.24, 2.45) is 0 Å². The van der Waals surface area contributed by atoms with E-state index in [9.17, 15) is 4.79 Å². The van der Waals surface area contributed by atoms with Crippen molar-refractivity contribution in [2.75, 3.05) is 0 Å². The van der Waals surface area contributed by atoms with Crippen LogP contribution in [-0.2, 0) is 4.79 Å². The van der Waals surface area contributed by atoms with E-state index in [0.717, 1.165) is 6.42 Å². The lowest BCUT2D eigenvalue weighted by molar-refractivity contribution is -0.113. The van der Waals surface area contributed by atoms with Crippen molar-refractivity contribution in [1.82, 2.24) is 0 Å².